The smallest absolute Gasteiger partial charge is 0.270 e. The van der Waals surface area contributed by atoms with Gasteiger partial charge in [0.1, 0.15) is 17.6 Å². The molecule has 4 rings (SSSR count). The highest BCUT2D eigenvalue weighted by Gasteiger charge is 2.45. The Bertz CT molecular complexity index is 904. The van der Waals surface area contributed by atoms with Gasteiger partial charge in [0.25, 0.3) is 6.71 Å². The van der Waals surface area contributed by atoms with Gasteiger partial charge in [0.2, 0.25) is 0 Å². The van der Waals surface area contributed by atoms with Gasteiger partial charge in [-0.15, -0.1) is 0 Å². The number of halogens is 2. The molecule has 2 heterocycles. The van der Waals surface area contributed by atoms with E-state index in [1.165, 1.54) is 17.7 Å². The summed E-state index contributed by atoms with van der Waals surface area (Å²) in [6.07, 6.45) is 0.263. The third kappa shape index (κ3) is 4.06. The molecule has 3 atom stereocenters. The molecule has 2 aromatic rings. The predicted octanol–water partition coefficient (Wildman–Crippen LogP) is 3.31. The molecule has 0 bridgehead atoms. The van der Waals surface area contributed by atoms with Crippen LogP contribution in [0.2, 0.25) is 12.6 Å². The summed E-state index contributed by atoms with van der Waals surface area (Å²) in [5, 5.41) is 22.1. The van der Waals surface area contributed by atoms with Crippen LogP contribution in [0.15, 0.2) is 48.5 Å². The molecule has 0 amide bonds. The molecular formula is C22H24BF2N3O. The second kappa shape index (κ2) is 8.23. The van der Waals surface area contributed by atoms with Gasteiger partial charge in [-0.05, 0) is 48.0 Å². The van der Waals surface area contributed by atoms with Crippen LogP contribution in [-0.2, 0) is 6.42 Å². The van der Waals surface area contributed by atoms with E-state index in [0.717, 1.165) is 17.5 Å². The SMILES string of the molecule is N#CB1CCC(F)C(O)(CNN2CCc3ccccc3[C@@H]2c2ccc(F)cc2)C1. The highest BCUT2D eigenvalue weighted by Crippen LogP contribution is 2.35. The molecule has 2 aromatic carbocycles. The molecular weight excluding hydrogens is 371 g/mol. The first kappa shape index (κ1) is 20.0. The van der Waals surface area contributed by atoms with Crippen LogP contribution in [-0.4, -0.2) is 41.7 Å². The Morgan fingerprint density at radius 2 is 2.00 bits per heavy atom. The van der Waals surface area contributed by atoms with Crippen LogP contribution < -0.4 is 5.43 Å². The summed E-state index contributed by atoms with van der Waals surface area (Å²) in [5.41, 5.74) is 4.95. The fraction of sp³-hybridized carbons (Fsp3) is 0.409. The van der Waals surface area contributed by atoms with Gasteiger partial charge in [0, 0.05) is 19.1 Å². The lowest BCUT2D eigenvalue weighted by atomic mass is 9.39. The molecule has 1 fully saturated rings. The molecule has 2 aliphatic heterocycles. The van der Waals surface area contributed by atoms with Gasteiger partial charge in [0.15, 0.2) is 0 Å². The third-order valence-electron chi connectivity index (χ3n) is 6.19. The van der Waals surface area contributed by atoms with Gasteiger partial charge in [-0.1, -0.05) is 42.7 Å². The molecule has 0 aliphatic carbocycles. The van der Waals surface area contributed by atoms with Crippen molar-refractivity contribution in [3.05, 3.63) is 71.0 Å². The molecule has 7 heteroatoms. The lowest BCUT2D eigenvalue weighted by Crippen LogP contribution is -2.57. The largest absolute Gasteiger partial charge is 0.386 e. The van der Waals surface area contributed by atoms with Crippen molar-refractivity contribution in [1.29, 1.82) is 5.26 Å². The normalized spacial score (nSPS) is 27.3. The maximum absolute atomic E-state index is 14.5. The maximum atomic E-state index is 14.5. The van der Waals surface area contributed by atoms with Gasteiger partial charge in [-0.2, -0.15) is 0 Å². The molecule has 0 spiro atoms. The van der Waals surface area contributed by atoms with E-state index >= 15 is 0 Å². The van der Waals surface area contributed by atoms with Crippen LogP contribution in [0.5, 0.6) is 0 Å². The van der Waals surface area contributed by atoms with Crippen LogP contribution >= 0.6 is 0 Å². The zero-order valence-corrected chi connectivity index (χ0v) is 16.2. The number of nitriles is 1. The Labute approximate surface area is 170 Å². The van der Waals surface area contributed by atoms with Crippen LogP contribution in [0.3, 0.4) is 0 Å². The lowest BCUT2D eigenvalue weighted by molar-refractivity contribution is -0.0431. The fourth-order valence-electron chi connectivity index (χ4n) is 4.55. The Balaban J connectivity index is 1.59. The third-order valence-corrected chi connectivity index (χ3v) is 6.19. The Morgan fingerprint density at radius 3 is 2.76 bits per heavy atom. The van der Waals surface area contributed by atoms with E-state index < -0.39 is 11.8 Å². The van der Waals surface area contributed by atoms with Gasteiger partial charge in [-0.3, -0.25) is 5.43 Å². The predicted molar refractivity (Wildman–Crippen MR) is 109 cm³/mol. The number of alkyl halides is 1. The van der Waals surface area contributed by atoms with Gasteiger partial charge >= 0.3 is 0 Å². The van der Waals surface area contributed by atoms with Crippen LogP contribution in [0.1, 0.15) is 29.2 Å². The minimum absolute atomic E-state index is 0.0339. The zero-order valence-electron chi connectivity index (χ0n) is 16.2. The second-order valence-electron chi connectivity index (χ2n) is 8.11. The summed E-state index contributed by atoms with van der Waals surface area (Å²) >= 11 is 0. The number of nitrogens with one attached hydrogen (secondary N) is 1. The fourth-order valence-corrected chi connectivity index (χ4v) is 4.55. The second-order valence-corrected chi connectivity index (χ2v) is 8.11. The number of benzene rings is 2. The average Bonchev–Trinajstić information content (AvgIpc) is 2.74. The Morgan fingerprint density at radius 1 is 1.24 bits per heavy atom. The number of rotatable bonds is 4. The molecule has 2 N–H and O–H groups in total. The number of nitrogens with zero attached hydrogens (tertiary/aromatic N) is 2. The Kier molecular flexibility index (Phi) is 5.68. The number of aliphatic hydroxyl groups is 1. The van der Waals surface area contributed by atoms with E-state index in [-0.39, 0.29) is 37.9 Å². The van der Waals surface area contributed by atoms with E-state index in [4.69, 9.17) is 0 Å². The van der Waals surface area contributed by atoms with E-state index in [2.05, 4.69) is 23.5 Å². The number of fused-ring (bicyclic) bond motifs is 1. The molecule has 2 unspecified atom stereocenters. The van der Waals surface area contributed by atoms with Crippen molar-refractivity contribution in [2.75, 3.05) is 13.1 Å². The van der Waals surface area contributed by atoms with Crippen molar-refractivity contribution in [2.24, 2.45) is 0 Å². The molecule has 150 valence electrons. The van der Waals surface area contributed by atoms with E-state index in [0.29, 0.717) is 12.9 Å². The Hall–Kier alpha value is -2.27. The number of hydrogen-bond donors (Lipinski definition) is 2. The van der Waals surface area contributed by atoms with Crippen molar-refractivity contribution in [1.82, 2.24) is 10.4 Å². The first-order chi connectivity index (χ1) is 14.0. The number of hydrogen-bond acceptors (Lipinski definition) is 4. The average molecular weight is 395 g/mol. The van der Waals surface area contributed by atoms with Crippen LogP contribution in [0, 0.1) is 17.0 Å². The highest BCUT2D eigenvalue weighted by atomic mass is 19.1. The molecule has 4 nitrogen and oxygen atoms in total. The lowest BCUT2D eigenvalue weighted by Gasteiger charge is -2.42. The first-order valence-corrected chi connectivity index (χ1v) is 10.1. The topological polar surface area (TPSA) is 59.3 Å². The molecule has 29 heavy (non-hydrogen) atoms. The monoisotopic (exact) mass is 395 g/mol. The molecule has 0 aromatic heterocycles. The quantitative estimate of drug-likeness (QED) is 0.780. The summed E-state index contributed by atoms with van der Waals surface area (Å²) in [7, 11) is 0. The van der Waals surface area contributed by atoms with E-state index in [1.807, 2.05) is 17.1 Å². The summed E-state index contributed by atoms with van der Waals surface area (Å²) in [5.74, 6) is 1.87. The maximum Gasteiger partial charge on any atom is 0.270 e. The molecule has 2 aliphatic rings. The first-order valence-electron chi connectivity index (χ1n) is 10.1. The summed E-state index contributed by atoms with van der Waals surface area (Å²) in [4.78, 5) is 0. The molecule has 1 saturated heterocycles. The standard InChI is InChI=1S/C22H24BF2N3O/c24-18-7-5-17(6-8-18)21-19-4-2-1-3-16(19)10-12-28(21)27-14-22(29)13-23(15-26)11-9-20(22)25/h1-8,20-21,27,29H,9-14H2/t20?,21-,22?/m0/s1. The molecule has 0 radical (unpaired) electrons. The van der Waals surface area contributed by atoms with Crippen LogP contribution in [0.25, 0.3) is 0 Å². The summed E-state index contributed by atoms with van der Waals surface area (Å²) in [6.45, 7) is 0.378. The van der Waals surface area contributed by atoms with Gasteiger partial charge < -0.3 is 5.11 Å². The van der Waals surface area contributed by atoms with Gasteiger partial charge in [-0.25, -0.2) is 19.1 Å². The minimum Gasteiger partial charge on any atom is -0.386 e. The number of hydrazine groups is 1. The van der Waals surface area contributed by atoms with Crippen molar-refractivity contribution in [2.45, 2.75) is 43.3 Å². The minimum atomic E-state index is -1.57. The van der Waals surface area contributed by atoms with Crippen LogP contribution in [0.4, 0.5) is 8.78 Å². The van der Waals surface area contributed by atoms with E-state index in [9.17, 15) is 19.1 Å². The van der Waals surface area contributed by atoms with E-state index in [1.54, 1.807) is 12.1 Å². The van der Waals surface area contributed by atoms with Crippen molar-refractivity contribution < 1.29 is 13.9 Å². The summed E-state index contributed by atoms with van der Waals surface area (Å²) < 4.78 is 28.0. The highest BCUT2D eigenvalue weighted by molar-refractivity contribution is 6.67. The van der Waals surface area contributed by atoms with Crippen molar-refractivity contribution in [3.63, 3.8) is 0 Å². The summed E-state index contributed by atoms with van der Waals surface area (Å²) in [6, 6.07) is 14.3. The zero-order chi connectivity index (χ0) is 20.4. The van der Waals surface area contributed by atoms with Crippen molar-refractivity contribution in [3.8, 4) is 5.97 Å². The van der Waals surface area contributed by atoms with Gasteiger partial charge in [0.05, 0.1) is 6.04 Å². The molecule has 0 saturated carbocycles. The van der Waals surface area contributed by atoms with Crippen molar-refractivity contribution >= 4 is 6.71 Å².